The molecule has 30 heavy (non-hydrogen) atoms. The van der Waals surface area contributed by atoms with E-state index in [2.05, 4.69) is 29.2 Å². The van der Waals surface area contributed by atoms with Crippen molar-refractivity contribution in [3.8, 4) is 5.75 Å². The normalized spacial score (nSPS) is 13.8. The number of carboxylic acids is 2. The van der Waals surface area contributed by atoms with Crippen molar-refractivity contribution < 1.29 is 29.3 Å². The molecule has 0 amide bonds. The molecule has 0 aromatic heterocycles. The third-order valence-corrected chi connectivity index (χ3v) is 4.73. The van der Waals surface area contributed by atoms with Crippen LogP contribution < -0.4 is 4.74 Å². The SMILES string of the molecule is Clc1ccc(OCCc2ccccc2)c(CCN2CCOCC2)c1.O=C(O)C(=O)O. The molecule has 1 fully saturated rings. The van der Waals surface area contributed by atoms with Gasteiger partial charge >= 0.3 is 11.9 Å². The Kier molecular flexibility index (Phi) is 10.1. The number of ether oxygens (including phenoxy) is 2. The Morgan fingerprint density at radius 1 is 1.00 bits per heavy atom. The summed E-state index contributed by atoms with van der Waals surface area (Å²) in [4.78, 5) is 20.6. The van der Waals surface area contributed by atoms with E-state index in [1.807, 2.05) is 24.3 Å². The Labute approximate surface area is 180 Å². The summed E-state index contributed by atoms with van der Waals surface area (Å²) in [5, 5.41) is 15.5. The van der Waals surface area contributed by atoms with Crippen molar-refractivity contribution in [3.05, 3.63) is 64.7 Å². The predicted octanol–water partition coefficient (Wildman–Crippen LogP) is 2.99. The molecule has 2 N–H and O–H groups in total. The van der Waals surface area contributed by atoms with E-state index in [4.69, 9.17) is 40.9 Å². The number of carboxylic acid groups (broad SMARTS) is 2. The molecule has 1 heterocycles. The first-order chi connectivity index (χ1) is 14.5. The first kappa shape index (κ1) is 23.7. The van der Waals surface area contributed by atoms with E-state index < -0.39 is 11.9 Å². The van der Waals surface area contributed by atoms with Gasteiger partial charge in [0, 0.05) is 31.1 Å². The number of aliphatic carboxylic acids is 2. The van der Waals surface area contributed by atoms with Crippen molar-refractivity contribution >= 4 is 23.5 Å². The maximum atomic E-state index is 9.10. The molecule has 0 unspecified atom stereocenters. The molecule has 0 aliphatic carbocycles. The smallest absolute Gasteiger partial charge is 0.414 e. The van der Waals surface area contributed by atoms with Gasteiger partial charge in [-0.15, -0.1) is 0 Å². The van der Waals surface area contributed by atoms with E-state index in [9.17, 15) is 0 Å². The molecule has 1 aliphatic heterocycles. The summed E-state index contributed by atoms with van der Waals surface area (Å²) in [5.41, 5.74) is 2.48. The first-order valence-electron chi connectivity index (χ1n) is 9.67. The average molecular weight is 436 g/mol. The van der Waals surface area contributed by atoms with Crippen molar-refractivity contribution in [3.63, 3.8) is 0 Å². The predicted molar refractivity (Wildman–Crippen MR) is 113 cm³/mol. The van der Waals surface area contributed by atoms with Gasteiger partial charge < -0.3 is 19.7 Å². The maximum absolute atomic E-state index is 9.10. The molecule has 1 aliphatic rings. The number of nitrogens with zero attached hydrogens (tertiary/aromatic N) is 1. The van der Waals surface area contributed by atoms with Crippen LogP contribution in [0.3, 0.4) is 0 Å². The number of benzene rings is 2. The summed E-state index contributed by atoms with van der Waals surface area (Å²) >= 11 is 6.18. The molecule has 1 saturated heterocycles. The summed E-state index contributed by atoms with van der Waals surface area (Å²) in [7, 11) is 0. The zero-order valence-corrected chi connectivity index (χ0v) is 17.4. The van der Waals surface area contributed by atoms with Gasteiger partial charge in [-0.1, -0.05) is 41.9 Å². The largest absolute Gasteiger partial charge is 0.493 e. The van der Waals surface area contributed by atoms with E-state index in [1.54, 1.807) is 0 Å². The second kappa shape index (κ2) is 12.8. The Morgan fingerprint density at radius 3 is 2.30 bits per heavy atom. The Balaban J connectivity index is 0.000000469. The molecule has 0 radical (unpaired) electrons. The highest BCUT2D eigenvalue weighted by atomic mass is 35.5. The second-order valence-corrected chi connectivity index (χ2v) is 7.09. The number of halogens is 1. The van der Waals surface area contributed by atoms with Crippen LogP contribution in [0.2, 0.25) is 5.02 Å². The van der Waals surface area contributed by atoms with Crippen LogP contribution in [-0.2, 0) is 27.2 Å². The van der Waals surface area contributed by atoms with E-state index in [0.717, 1.165) is 56.5 Å². The minimum absolute atomic E-state index is 0.677. The Bertz CT molecular complexity index is 797. The molecule has 3 rings (SSSR count). The number of carbonyl (C=O) groups is 2. The summed E-state index contributed by atoms with van der Waals surface area (Å²) in [6, 6.07) is 16.3. The van der Waals surface area contributed by atoms with Crippen molar-refractivity contribution in [1.82, 2.24) is 4.90 Å². The van der Waals surface area contributed by atoms with Gasteiger partial charge in [0.2, 0.25) is 0 Å². The van der Waals surface area contributed by atoms with Crippen LogP contribution >= 0.6 is 11.6 Å². The molecule has 2 aromatic rings. The molecule has 2 aromatic carbocycles. The van der Waals surface area contributed by atoms with Crippen LogP contribution in [0.5, 0.6) is 5.75 Å². The van der Waals surface area contributed by atoms with Gasteiger partial charge in [-0.3, -0.25) is 4.90 Å². The first-order valence-corrected chi connectivity index (χ1v) is 10.0. The molecular formula is C22H26ClNO6. The highest BCUT2D eigenvalue weighted by Gasteiger charge is 2.12. The van der Waals surface area contributed by atoms with Gasteiger partial charge in [-0.2, -0.15) is 0 Å². The maximum Gasteiger partial charge on any atom is 0.414 e. The van der Waals surface area contributed by atoms with Gasteiger partial charge in [-0.25, -0.2) is 9.59 Å². The van der Waals surface area contributed by atoms with Gasteiger partial charge in [0.25, 0.3) is 0 Å². The molecule has 7 nitrogen and oxygen atoms in total. The van der Waals surface area contributed by atoms with Gasteiger partial charge in [0.05, 0.1) is 19.8 Å². The molecule has 162 valence electrons. The minimum Gasteiger partial charge on any atom is -0.493 e. The monoisotopic (exact) mass is 435 g/mol. The Hall–Kier alpha value is -2.61. The number of morpholine rings is 1. The van der Waals surface area contributed by atoms with E-state index in [0.29, 0.717) is 6.61 Å². The minimum atomic E-state index is -1.82. The highest BCUT2D eigenvalue weighted by Crippen LogP contribution is 2.24. The van der Waals surface area contributed by atoms with Gasteiger partial charge in [0.1, 0.15) is 5.75 Å². The third-order valence-electron chi connectivity index (χ3n) is 4.50. The summed E-state index contributed by atoms with van der Waals surface area (Å²) < 4.78 is 11.4. The average Bonchev–Trinajstić information content (AvgIpc) is 2.75. The summed E-state index contributed by atoms with van der Waals surface area (Å²) in [5.74, 6) is -2.70. The van der Waals surface area contributed by atoms with E-state index in [1.165, 1.54) is 11.1 Å². The second-order valence-electron chi connectivity index (χ2n) is 6.65. The lowest BCUT2D eigenvalue weighted by Gasteiger charge is -2.26. The Morgan fingerprint density at radius 2 is 1.67 bits per heavy atom. The molecule has 8 heteroatoms. The standard InChI is InChI=1S/C20H24ClNO2.C2H2O4/c21-19-6-7-20(24-13-9-17-4-2-1-3-5-17)18(16-19)8-10-22-11-14-23-15-12-22;3-1(4)2(5)6/h1-7,16H,8-15H2;(H,3,4)(H,5,6). The van der Waals surface area contributed by atoms with Crippen LogP contribution in [0.25, 0.3) is 0 Å². The van der Waals surface area contributed by atoms with Crippen molar-refractivity contribution in [2.75, 3.05) is 39.5 Å². The fraction of sp³-hybridized carbons (Fsp3) is 0.364. The lowest BCUT2D eigenvalue weighted by atomic mass is 10.1. The van der Waals surface area contributed by atoms with Crippen LogP contribution in [0.1, 0.15) is 11.1 Å². The van der Waals surface area contributed by atoms with Crippen molar-refractivity contribution in [2.24, 2.45) is 0 Å². The van der Waals surface area contributed by atoms with Crippen LogP contribution in [0.15, 0.2) is 48.5 Å². The highest BCUT2D eigenvalue weighted by molar-refractivity contribution is 6.30. The molecule has 0 saturated carbocycles. The quantitative estimate of drug-likeness (QED) is 0.645. The fourth-order valence-corrected chi connectivity index (χ4v) is 3.11. The van der Waals surface area contributed by atoms with Crippen LogP contribution in [-0.4, -0.2) is 66.5 Å². The van der Waals surface area contributed by atoms with Crippen molar-refractivity contribution in [2.45, 2.75) is 12.8 Å². The summed E-state index contributed by atoms with van der Waals surface area (Å²) in [6.07, 6.45) is 1.85. The van der Waals surface area contributed by atoms with Crippen molar-refractivity contribution in [1.29, 1.82) is 0 Å². The molecule has 0 spiro atoms. The number of hydrogen-bond donors (Lipinski definition) is 2. The lowest BCUT2D eigenvalue weighted by molar-refractivity contribution is -0.159. The third kappa shape index (κ3) is 8.82. The van der Waals surface area contributed by atoms with Crippen LogP contribution in [0.4, 0.5) is 0 Å². The summed E-state index contributed by atoms with van der Waals surface area (Å²) in [6.45, 7) is 5.36. The van der Waals surface area contributed by atoms with Gasteiger partial charge in [0.15, 0.2) is 0 Å². The molecule has 0 atom stereocenters. The molecular weight excluding hydrogens is 410 g/mol. The van der Waals surface area contributed by atoms with Gasteiger partial charge in [-0.05, 0) is 35.7 Å². The van der Waals surface area contributed by atoms with E-state index >= 15 is 0 Å². The zero-order chi connectivity index (χ0) is 21.8. The lowest BCUT2D eigenvalue weighted by Crippen LogP contribution is -2.37. The van der Waals surface area contributed by atoms with E-state index in [-0.39, 0.29) is 0 Å². The van der Waals surface area contributed by atoms with Crippen LogP contribution in [0, 0.1) is 0 Å². The fourth-order valence-electron chi connectivity index (χ4n) is 2.91. The number of hydrogen-bond acceptors (Lipinski definition) is 5. The molecule has 0 bridgehead atoms. The number of rotatable bonds is 7. The zero-order valence-electron chi connectivity index (χ0n) is 16.6. The topological polar surface area (TPSA) is 96.3 Å².